The largest absolute Gasteiger partial charge is 0.508 e. The fourth-order valence-electron chi connectivity index (χ4n) is 13.6. The molecule has 10 heterocycles. The van der Waals surface area contributed by atoms with Gasteiger partial charge < -0.3 is 44.8 Å². The lowest BCUT2D eigenvalue weighted by molar-refractivity contribution is -0.131. The summed E-state index contributed by atoms with van der Waals surface area (Å²) >= 11 is 1.63. The summed E-state index contributed by atoms with van der Waals surface area (Å²) in [5.74, 6) is 5.92. The Hall–Kier alpha value is -6.76. The Bertz CT molecular complexity index is 3390. The van der Waals surface area contributed by atoms with Crippen LogP contribution in [0.3, 0.4) is 0 Å². The molecule has 5 unspecified atom stereocenters. The lowest BCUT2D eigenvalue weighted by Crippen LogP contribution is -2.54. The standard InChI is InChI=1S/C46H58FN9O2.C18H21N3O2S/c1-5-32-7-6-8-33-16-36(57)17-37(41(32)33)43-42(47)44-38(19-48-43)45(55-25-34-9-10-35(26-55)49-34)51-46(50-44)56-23-31(24-56)20-53-13-11-29(12-14-53)15-30-21-54(22-30)40-18-39(58-52-40)28(4)27(2)3;1-12(20-18(23)16-4-3-9-21(16)11-22)14-5-7-15(8-6-14)17-13(2)19-10-24-17/h6-8,16-19,27-31,34-35,49,57H,5,9-15,20-26H2,1-4H3;5-8,10-12,16H,3-4,9H2,1-2H3,(H,20,23). The Morgan fingerprint density at radius 1 is 0.878 bits per heavy atom. The number of rotatable bonds is 16. The van der Waals surface area contributed by atoms with Gasteiger partial charge in [0.05, 0.1) is 27.5 Å². The molecule has 2 amide bonds. The van der Waals surface area contributed by atoms with E-state index in [1.807, 2.05) is 43.6 Å². The number of nitrogens with zero attached hydrogens (tertiary/aromatic N) is 10. The lowest BCUT2D eigenvalue weighted by atomic mass is 9.83. The number of hydrogen-bond acceptors (Lipinski definition) is 15. The van der Waals surface area contributed by atoms with E-state index in [1.165, 1.54) is 24.1 Å². The van der Waals surface area contributed by atoms with Gasteiger partial charge in [-0.1, -0.05) is 75.3 Å². The number of piperazine rings is 1. The van der Waals surface area contributed by atoms with E-state index in [2.05, 4.69) is 92.3 Å². The Morgan fingerprint density at radius 3 is 2.34 bits per heavy atom. The van der Waals surface area contributed by atoms with Gasteiger partial charge in [-0.2, -0.15) is 4.98 Å². The number of aromatic hydroxyl groups is 1. The third-order valence-electron chi connectivity index (χ3n) is 18.7. The molecule has 18 heteroatoms. The molecule has 13 rings (SSSR count). The van der Waals surface area contributed by atoms with Crippen LogP contribution in [0.4, 0.5) is 22.0 Å². The molecule has 82 heavy (non-hydrogen) atoms. The number of amides is 2. The maximum atomic E-state index is 17.1. The van der Waals surface area contributed by atoms with Crippen molar-refractivity contribution in [2.24, 2.45) is 23.7 Å². The van der Waals surface area contributed by atoms with Gasteiger partial charge in [-0.15, -0.1) is 11.3 Å². The first-order valence-electron chi connectivity index (χ1n) is 30.1. The minimum atomic E-state index is -0.462. The Balaban J connectivity index is 0.000000232. The zero-order valence-electron chi connectivity index (χ0n) is 48.4. The second kappa shape index (κ2) is 23.8. The molecule has 6 fully saturated rings. The van der Waals surface area contributed by atoms with Crippen LogP contribution in [0.2, 0.25) is 0 Å². The van der Waals surface area contributed by atoms with Crippen molar-refractivity contribution in [2.75, 3.05) is 80.1 Å². The molecule has 6 aliphatic heterocycles. The van der Waals surface area contributed by atoms with Crippen molar-refractivity contribution in [2.45, 2.75) is 123 Å². The van der Waals surface area contributed by atoms with Crippen molar-refractivity contribution in [1.82, 2.24) is 45.5 Å². The third-order valence-corrected chi connectivity index (χ3v) is 19.7. The van der Waals surface area contributed by atoms with Crippen molar-refractivity contribution in [1.29, 1.82) is 0 Å². The minimum absolute atomic E-state index is 0.0746. The summed E-state index contributed by atoms with van der Waals surface area (Å²) in [5, 5.41) is 24.3. The summed E-state index contributed by atoms with van der Waals surface area (Å²) in [7, 11) is 0. The van der Waals surface area contributed by atoms with Gasteiger partial charge in [0.15, 0.2) is 11.6 Å². The van der Waals surface area contributed by atoms with Crippen LogP contribution in [-0.4, -0.2) is 136 Å². The number of carbonyl (C=O) groups is 2. The number of nitrogens with one attached hydrogen (secondary N) is 2. The van der Waals surface area contributed by atoms with Crippen molar-refractivity contribution in [3.63, 3.8) is 0 Å². The highest BCUT2D eigenvalue weighted by atomic mass is 32.1. The van der Waals surface area contributed by atoms with E-state index in [-0.39, 0.29) is 29.4 Å². The zero-order chi connectivity index (χ0) is 56.8. The van der Waals surface area contributed by atoms with Gasteiger partial charge in [0, 0.05) is 94.1 Å². The quantitative estimate of drug-likeness (QED) is 0.0781. The molecule has 6 aliphatic rings. The second-order valence-electron chi connectivity index (χ2n) is 24.7. The van der Waals surface area contributed by atoms with Crippen molar-refractivity contribution >= 4 is 62.9 Å². The van der Waals surface area contributed by atoms with Crippen LogP contribution >= 0.6 is 11.3 Å². The molecule has 432 valence electrons. The van der Waals surface area contributed by atoms with Crippen LogP contribution in [0.15, 0.2) is 76.9 Å². The molecule has 0 aliphatic carbocycles. The van der Waals surface area contributed by atoms with Crippen molar-refractivity contribution in [3.8, 4) is 27.4 Å². The predicted molar refractivity (Wildman–Crippen MR) is 323 cm³/mol. The predicted octanol–water partition coefficient (Wildman–Crippen LogP) is 10.5. The average Bonchev–Trinajstić information content (AvgIpc) is 2.53. The number of benzene rings is 3. The average molecular weight is 1130 g/mol. The maximum Gasteiger partial charge on any atom is 0.243 e. The molecule has 3 aromatic carbocycles. The van der Waals surface area contributed by atoms with E-state index in [4.69, 9.17) is 19.5 Å². The molecule has 0 spiro atoms. The molecular formula is C64H79FN12O4S. The number of thiazole rings is 1. The number of aryl methyl sites for hydroxylation is 2. The molecule has 4 aromatic heterocycles. The van der Waals surface area contributed by atoms with Crippen molar-refractivity contribution in [3.05, 3.63) is 101 Å². The summed E-state index contributed by atoms with van der Waals surface area (Å²) < 4.78 is 22.8. The number of pyridine rings is 1. The fourth-order valence-corrected chi connectivity index (χ4v) is 14.4. The van der Waals surface area contributed by atoms with Crippen LogP contribution in [0.5, 0.6) is 5.75 Å². The molecule has 16 nitrogen and oxygen atoms in total. The van der Waals surface area contributed by atoms with Gasteiger partial charge in [0.2, 0.25) is 18.3 Å². The molecule has 3 N–H and O–H groups in total. The number of aromatic nitrogens is 5. The van der Waals surface area contributed by atoms with Gasteiger partial charge in [-0.25, -0.2) is 14.4 Å². The van der Waals surface area contributed by atoms with E-state index < -0.39 is 5.82 Å². The van der Waals surface area contributed by atoms with Gasteiger partial charge >= 0.3 is 0 Å². The summed E-state index contributed by atoms with van der Waals surface area (Å²) in [6.45, 7) is 22.4. The lowest BCUT2D eigenvalue weighted by Gasteiger charge is -2.45. The normalized spacial score (nSPS) is 21.4. The number of anilines is 3. The molecule has 6 saturated heterocycles. The first-order chi connectivity index (χ1) is 39.8. The first-order valence-corrected chi connectivity index (χ1v) is 31.0. The van der Waals surface area contributed by atoms with E-state index in [1.54, 1.807) is 34.6 Å². The number of fused-ring (bicyclic) bond motifs is 4. The Morgan fingerprint density at radius 2 is 1.63 bits per heavy atom. The number of hydrogen-bond donors (Lipinski definition) is 3. The first kappa shape index (κ1) is 55.8. The van der Waals surface area contributed by atoms with E-state index in [0.29, 0.717) is 58.8 Å². The van der Waals surface area contributed by atoms with Crippen LogP contribution in [0.25, 0.3) is 43.4 Å². The molecule has 2 bridgehead atoms. The van der Waals surface area contributed by atoms with Crippen LogP contribution in [0.1, 0.15) is 114 Å². The minimum Gasteiger partial charge on any atom is -0.508 e. The van der Waals surface area contributed by atoms with Gasteiger partial charge in [-0.3, -0.25) is 14.6 Å². The summed E-state index contributed by atoms with van der Waals surface area (Å²) in [6.07, 6.45) is 11.1. The number of halogens is 1. The summed E-state index contributed by atoms with van der Waals surface area (Å²) in [6, 6.07) is 20.1. The SMILES string of the molecule is CCc1cccc2cc(O)cc(-c3ncc4c(N5CC6CCC(C5)N6)nc(N5CC(CN6CCC(CC7CN(c8cc(C(C)C(C)C)on8)C7)CC6)C5)nc4c3F)c12.Cc1ncsc1-c1ccc(C(C)NC(=O)C2CCCN2C=O)cc1. The highest BCUT2D eigenvalue weighted by Gasteiger charge is 2.38. The third kappa shape index (κ3) is 11.5. The number of phenols is 1. The highest BCUT2D eigenvalue weighted by Crippen LogP contribution is 2.41. The Labute approximate surface area is 484 Å². The van der Waals surface area contributed by atoms with Crippen molar-refractivity contribution < 1.29 is 23.6 Å². The highest BCUT2D eigenvalue weighted by molar-refractivity contribution is 7.13. The molecule has 5 atom stereocenters. The second-order valence-corrected chi connectivity index (χ2v) is 25.6. The Kier molecular flexibility index (Phi) is 16.2. The molecule has 7 aromatic rings. The van der Waals surface area contributed by atoms with E-state index >= 15 is 4.39 Å². The zero-order valence-corrected chi connectivity index (χ0v) is 49.2. The maximum absolute atomic E-state index is 17.1. The van der Waals surface area contributed by atoms with E-state index in [0.717, 1.165) is 160 Å². The number of piperidine rings is 1. The van der Waals surface area contributed by atoms with Gasteiger partial charge in [0.25, 0.3) is 0 Å². The van der Waals surface area contributed by atoms with Gasteiger partial charge in [0.1, 0.15) is 34.6 Å². The topological polar surface area (TPSA) is 172 Å². The van der Waals surface area contributed by atoms with Crippen LogP contribution in [0, 0.1) is 36.4 Å². The fraction of sp³-hybridized carbons (Fsp3) is 0.516. The van der Waals surface area contributed by atoms with Crippen LogP contribution < -0.4 is 25.3 Å². The van der Waals surface area contributed by atoms with E-state index in [9.17, 15) is 14.7 Å². The number of likely N-dealkylation sites (tertiary alicyclic amines) is 2. The smallest absolute Gasteiger partial charge is 0.243 e. The summed E-state index contributed by atoms with van der Waals surface area (Å²) in [5.41, 5.74) is 7.26. The molecule has 0 saturated carbocycles. The number of carbonyl (C=O) groups excluding carboxylic acids is 2. The monoisotopic (exact) mass is 1130 g/mol. The van der Waals surface area contributed by atoms with Gasteiger partial charge in [-0.05, 0) is 136 Å². The number of phenolic OH excluding ortho intramolecular Hbond substituents is 1. The molecular weight excluding hydrogens is 1050 g/mol. The summed E-state index contributed by atoms with van der Waals surface area (Å²) in [4.78, 5) is 54.9. The van der Waals surface area contributed by atoms with Crippen LogP contribution in [-0.2, 0) is 16.0 Å². The molecule has 0 radical (unpaired) electrons.